The van der Waals surface area contributed by atoms with E-state index in [1.165, 1.54) is 6.92 Å². The predicted molar refractivity (Wildman–Crippen MR) is 66.8 cm³/mol. The number of thioether (sulfide) groups is 2. The Morgan fingerprint density at radius 2 is 2.07 bits per heavy atom. The van der Waals surface area contributed by atoms with Gasteiger partial charge in [-0.3, -0.25) is 4.79 Å². The Morgan fingerprint density at radius 1 is 1.40 bits per heavy atom. The normalized spacial score (nSPS) is 10.1. The second kappa shape index (κ2) is 5.42. The van der Waals surface area contributed by atoms with Crippen molar-refractivity contribution in [1.29, 1.82) is 0 Å². The van der Waals surface area contributed by atoms with E-state index in [0.29, 0.717) is 0 Å². The molecule has 82 valence electrons. The minimum Gasteiger partial charge on any atom is -0.323 e. The summed E-state index contributed by atoms with van der Waals surface area (Å²) in [7, 11) is 0. The number of amides is 1. The van der Waals surface area contributed by atoms with Crippen LogP contribution in [0.15, 0.2) is 16.0 Å². The molecule has 0 radical (unpaired) electrons. The minimum absolute atomic E-state index is 0.0637. The lowest BCUT2D eigenvalue weighted by Gasteiger charge is -2.12. The standard InChI is InChI=1S/C10H14N2OS2/c1-6-5-8(14-3)9(12-7(2)13)10(11-6)15-4/h5H,1-4H3,(H,12,13). The Hall–Kier alpha value is -0.680. The van der Waals surface area contributed by atoms with Gasteiger partial charge in [-0.1, -0.05) is 0 Å². The fraction of sp³-hybridized carbons (Fsp3) is 0.400. The molecule has 5 heteroatoms. The molecule has 15 heavy (non-hydrogen) atoms. The largest absolute Gasteiger partial charge is 0.323 e. The summed E-state index contributed by atoms with van der Waals surface area (Å²) in [5.74, 6) is -0.0637. The van der Waals surface area contributed by atoms with Crippen LogP contribution in [-0.4, -0.2) is 23.4 Å². The van der Waals surface area contributed by atoms with Gasteiger partial charge in [0.05, 0.1) is 5.69 Å². The monoisotopic (exact) mass is 242 g/mol. The number of carbonyl (C=O) groups excluding carboxylic acids is 1. The van der Waals surface area contributed by atoms with E-state index in [1.807, 2.05) is 25.5 Å². The zero-order chi connectivity index (χ0) is 11.4. The number of aromatic nitrogens is 1. The molecule has 0 saturated carbocycles. The fourth-order valence-electron chi connectivity index (χ4n) is 1.22. The molecule has 0 aliphatic heterocycles. The smallest absolute Gasteiger partial charge is 0.221 e. The summed E-state index contributed by atoms with van der Waals surface area (Å²) in [6.45, 7) is 3.46. The molecule has 0 spiro atoms. The van der Waals surface area contributed by atoms with Crippen LogP contribution in [0.4, 0.5) is 5.69 Å². The van der Waals surface area contributed by atoms with Crippen LogP contribution < -0.4 is 5.32 Å². The van der Waals surface area contributed by atoms with Crippen LogP contribution in [0, 0.1) is 6.92 Å². The van der Waals surface area contributed by atoms with Crippen LogP contribution in [0.25, 0.3) is 0 Å². The first-order chi connectivity index (χ1) is 7.08. The van der Waals surface area contributed by atoms with Gasteiger partial charge in [0.2, 0.25) is 5.91 Å². The van der Waals surface area contributed by atoms with Crippen LogP contribution in [0.2, 0.25) is 0 Å². The Kier molecular flexibility index (Phi) is 4.47. The molecule has 0 aliphatic carbocycles. The van der Waals surface area contributed by atoms with E-state index < -0.39 is 0 Å². The summed E-state index contributed by atoms with van der Waals surface area (Å²) in [4.78, 5) is 16.5. The molecule has 0 aromatic carbocycles. The molecular formula is C10H14N2OS2. The summed E-state index contributed by atoms with van der Waals surface area (Å²) < 4.78 is 0. The highest BCUT2D eigenvalue weighted by Crippen LogP contribution is 2.33. The van der Waals surface area contributed by atoms with Gasteiger partial charge in [0.15, 0.2) is 0 Å². The third-order valence-electron chi connectivity index (χ3n) is 1.79. The van der Waals surface area contributed by atoms with Crippen LogP contribution in [0.1, 0.15) is 12.6 Å². The maximum atomic E-state index is 11.1. The number of nitrogens with zero attached hydrogens (tertiary/aromatic N) is 1. The highest BCUT2D eigenvalue weighted by Gasteiger charge is 2.11. The zero-order valence-corrected chi connectivity index (χ0v) is 10.9. The van der Waals surface area contributed by atoms with E-state index in [1.54, 1.807) is 23.5 Å². The molecule has 0 fully saturated rings. The van der Waals surface area contributed by atoms with Crippen molar-refractivity contribution in [3.05, 3.63) is 11.8 Å². The van der Waals surface area contributed by atoms with Gasteiger partial charge in [0, 0.05) is 17.5 Å². The SMILES string of the molecule is CSc1cc(C)nc(SC)c1NC(C)=O. The number of hydrogen-bond donors (Lipinski definition) is 1. The maximum Gasteiger partial charge on any atom is 0.221 e. The van der Waals surface area contributed by atoms with Crippen LogP contribution in [0.3, 0.4) is 0 Å². The fourth-order valence-corrected chi connectivity index (χ4v) is 2.52. The molecule has 0 aliphatic rings. The molecule has 1 rings (SSSR count). The first-order valence-electron chi connectivity index (χ1n) is 4.45. The molecule has 0 saturated heterocycles. The van der Waals surface area contributed by atoms with Crippen molar-refractivity contribution in [1.82, 2.24) is 4.98 Å². The second-order valence-corrected chi connectivity index (χ2v) is 4.67. The van der Waals surface area contributed by atoms with Crippen molar-refractivity contribution < 1.29 is 4.79 Å². The first kappa shape index (κ1) is 12.4. The number of carbonyl (C=O) groups is 1. The number of pyridine rings is 1. The van der Waals surface area contributed by atoms with Gasteiger partial charge < -0.3 is 5.32 Å². The van der Waals surface area contributed by atoms with Crippen LogP contribution >= 0.6 is 23.5 Å². The molecule has 0 atom stereocenters. The average Bonchev–Trinajstić information content (AvgIpc) is 2.19. The van der Waals surface area contributed by atoms with Crippen molar-refractivity contribution in [3.8, 4) is 0 Å². The highest BCUT2D eigenvalue weighted by molar-refractivity contribution is 7.99. The second-order valence-electron chi connectivity index (χ2n) is 3.03. The first-order valence-corrected chi connectivity index (χ1v) is 6.90. The summed E-state index contributed by atoms with van der Waals surface area (Å²) in [6.07, 6.45) is 3.95. The number of hydrogen-bond acceptors (Lipinski definition) is 4. The van der Waals surface area contributed by atoms with Gasteiger partial charge >= 0.3 is 0 Å². The Labute approximate surface area is 98.4 Å². The lowest BCUT2D eigenvalue weighted by Crippen LogP contribution is -2.09. The van der Waals surface area contributed by atoms with Gasteiger partial charge in [-0.25, -0.2) is 4.98 Å². The maximum absolute atomic E-state index is 11.1. The van der Waals surface area contributed by atoms with E-state index in [2.05, 4.69) is 10.3 Å². The Balaban J connectivity index is 3.23. The third-order valence-corrected chi connectivity index (χ3v) is 3.24. The molecule has 1 N–H and O–H groups in total. The number of anilines is 1. The van der Waals surface area contributed by atoms with E-state index in [-0.39, 0.29) is 5.91 Å². The quantitative estimate of drug-likeness (QED) is 0.828. The van der Waals surface area contributed by atoms with E-state index >= 15 is 0 Å². The minimum atomic E-state index is -0.0637. The van der Waals surface area contributed by atoms with Crippen molar-refractivity contribution in [2.24, 2.45) is 0 Å². The zero-order valence-electron chi connectivity index (χ0n) is 9.25. The lowest BCUT2D eigenvalue weighted by atomic mass is 10.3. The van der Waals surface area contributed by atoms with E-state index in [9.17, 15) is 4.79 Å². The van der Waals surface area contributed by atoms with Gasteiger partial charge in [-0.05, 0) is 25.5 Å². The van der Waals surface area contributed by atoms with Gasteiger partial charge in [0.25, 0.3) is 0 Å². The van der Waals surface area contributed by atoms with Crippen LogP contribution in [0.5, 0.6) is 0 Å². The van der Waals surface area contributed by atoms with Gasteiger partial charge in [0.1, 0.15) is 5.03 Å². The van der Waals surface area contributed by atoms with E-state index in [4.69, 9.17) is 0 Å². The molecule has 0 bridgehead atoms. The van der Waals surface area contributed by atoms with E-state index in [0.717, 1.165) is 21.3 Å². The Bertz CT molecular complexity index is 355. The summed E-state index contributed by atoms with van der Waals surface area (Å²) in [6, 6.07) is 1.98. The van der Waals surface area contributed by atoms with Crippen molar-refractivity contribution >= 4 is 35.1 Å². The van der Waals surface area contributed by atoms with Crippen molar-refractivity contribution in [2.45, 2.75) is 23.8 Å². The summed E-state index contributed by atoms with van der Waals surface area (Å²) in [5, 5.41) is 3.70. The number of aryl methyl sites for hydroxylation is 1. The third kappa shape index (κ3) is 3.14. The number of rotatable bonds is 3. The molecule has 1 aromatic heterocycles. The van der Waals surface area contributed by atoms with Gasteiger partial charge in [-0.2, -0.15) is 0 Å². The van der Waals surface area contributed by atoms with Gasteiger partial charge in [-0.15, -0.1) is 23.5 Å². The molecule has 1 aromatic rings. The van der Waals surface area contributed by atoms with Crippen molar-refractivity contribution in [2.75, 3.05) is 17.8 Å². The molecular weight excluding hydrogens is 228 g/mol. The molecule has 1 heterocycles. The topological polar surface area (TPSA) is 42.0 Å². The van der Waals surface area contributed by atoms with Crippen LogP contribution in [-0.2, 0) is 4.79 Å². The molecule has 3 nitrogen and oxygen atoms in total. The number of nitrogens with one attached hydrogen (secondary N) is 1. The van der Waals surface area contributed by atoms with Crippen molar-refractivity contribution in [3.63, 3.8) is 0 Å². The molecule has 0 unspecified atom stereocenters. The Morgan fingerprint density at radius 3 is 2.53 bits per heavy atom. The predicted octanol–water partition coefficient (Wildman–Crippen LogP) is 2.79. The summed E-state index contributed by atoms with van der Waals surface area (Å²) in [5.41, 5.74) is 1.80. The average molecular weight is 242 g/mol. The lowest BCUT2D eigenvalue weighted by molar-refractivity contribution is -0.114. The summed E-state index contributed by atoms with van der Waals surface area (Å²) >= 11 is 3.16. The highest BCUT2D eigenvalue weighted by atomic mass is 32.2. The molecule has 1 amide bonds.